The molecule has 0 atom stereocenters. The zero-order valence-electron chi connectivity index (χ0n) is 15.1. The first kappa shape index (κ1) is 16.6. The minimum Gasteiger partial charge on any atom is -0.385 e. The Hall–Kier alpha value is -2.81. The van der Waals surface area contributed by atoms with Gasteiger partial charge < -0.3 is 9.64 Å². The molecule has 1 aliphatic rings. The maximum absolute atomic E-state index is 12.8. The molecule has 3 aromatic rings. The first-order chi connectivity index (χ1) is 12.6. The van der Waals surface area contributed by atoms with E-state index >= 15 is 0 Å². The van der Waals surface area contributed by atoms with E-state index in [9.17, 15) is 4.79 Å². The topological polar surface area (TPSA) is 91.0 Å². The molecule has 9 nitrogen and oxygen atoms in total. The number of rotatable bonds is 5. The van der Waals surface area contributed by atoms with Crippen LogP contribution in [0.15, 0.2) is 12.4 Å². The molecule has 0 spiro atoms. The molecule has 9 heteroatoms. The van der Waals surface area contributed by atoms with Gasteiger partial charge in [0.2, 0.25) is 0 Å². The molecular weight excluding hydrogens is 334 g/mol. The van der Waals surface area contributed by atoms with Crippen LogP contribution in [0.2, 0.25) is 0 Å². The molecular formula is C17H21N7O2. The van der Waals surface area contributed by atoms with Gasteiger partial charge in [-0.25, -0.2) is 14.6 Å². The summed E-state index contributed by atoms with van der Waals surface area (Å²) >= 11 is 0. The largest absolute Gasteiger partial charge is 0.385 e. The van der Waals surface area contributed by atoms with Gasteiger partial charge in [-0.05, 0) is 19.8 Å². The third-order valence-electron chi connectivity index (χ3n) is 4.61. The van der Waals surface area contributed by atoms with Crippen LogP contribution in [0.3, 0.4) is 0 Å². The normalized spacial score (nSPS) is 14.3. The molecule has 26 heavy (non-hydrogen) atoms. The van der Waals surface area contributed by atoms with Crippen LogP contribution < -0.4 is 0 Å². The van der Waals surface area contributed by atoms with Gasteiger partial charge in [0.05, 0.1) is 11.6 Å². The number of hydrogen-bond donors (Lipinski definition) is 0. The van der Waals surface area contributed by atoms with Crippen molar-refractivity contribution in [3.63, 3.8) is 0 Å². The van der Waals surface area contributed by atoms with Gasteiger partial charge >= 0.3 is 0 Å². The number of carbonyl (C=O) groups excluding carboxylic acids is 1. The number of fused-ring (bicyclic) bond motifs is 2. The van der Waals surface area contributed by atoms with E-state index in [1.54, 1.807) is 22.7 Å². The fraction of sp³-hybridized carbons (Fsp3) is 0.471. The molecule has 0 aromatic carbocycles. The third-order valence-corrected chi connectivity index (χ3v) is 4.61. The molecule has 0 unspecified atom stereocenters. The van der Waals surface area contributed by atoms with Crippen LogP contribution in [0.1, 0.15) is 28.3 Å². The minimum absolute atomic E-state index is 0.0330. The first-order valence-electron chi connectivity index (χ1n) is 8.62. The number of hydrogen-bond acceptors (Lipinski definition) is 6. The fourth-order valence-electron chi connectivity index (χ4n) is 3.29. The number of nitrogens with zero attached hydrogens (tertiary/aromatic N) is 7. The lowest BCUT2D eigenvalue weighted by atomic mass is 10.1. The average Bonchev–Trinajstić information content (AvgIpc) is 3.21. The molecule has 1 amide bonds. The molecule has 0 N–H and O–H groups in total. The highest BCUT2D eigenvalue weighted by molar-refractivity contribution is 5.95. The summed E-state index contributed by atoms with van der Waals surface area (Å²) < 4.78 is 8.46. The maximum Gasteiger partial charge on any atom is 0.274 e. The summed E-state index contributed by atoms with van der Waals surface area (Å²) in [5, 5.41) is 9.62. The smallest absolute Gasteiger partial charge is 0.274 e. The molecule has 136 valence electrons. The molecule has 0 bridgehead atoms. The van der Waals surface area contributed by atoms with E-state index < -0.39 is 0 Å². The van der Waals surface area contributed by atoms with Crippen LogP contribution in [-0.2, 0) is 18.2 Å². The van der Waals surface area contributed by atoms with Crippen LogP contribution in [-0.4, -0.2) is 67.1 Å². The predicted octanol–water partition coefficient (Wildman–Crippen LogP) is 0.892. The van der Waals surface area contributed by atoms with Crippen molar-refractivity contribution in [3.8, 4) is 5.82 Å². The van der Waals surface area contributed by atoms with Crippen molar-refractivity contribution in [1.82, 2.24) is 34.4 Å². The number of amides is 1. The quantitative estimate of drug-likeness (QED) is 0.632. The number of methoxy groups -OCH3 is 1. The van der Waals surface area contributed by atoms with Gasteiger partial charge in [0.15, 0.2) is 17.2 Å². The zero-order chi connectivity index (χ0) is 18.3. The lowest BCUT2D eigenvalue weighted by molar-refractivity contribution is 0.0714. The summed E-state index contributed by atoms with van der Waals surface area (Å²) in [5.41, 5.74) is 2.20. The zero-order valence-corrected chi connectivity index (χ0v) is 15.1. The fourth-order valence-corrected chi connectivity index (χ4v) is 3.29. The van der Waals surface area contributed by atoms with Gasteiger partial charge in [-0.3, -0.25) is 9.48 Å². The second kappa shape index (κ2) is 6.49. The van der Waals surface area contributed by atoms with E-state index in [-0.39, 0.29) is 5.91 Å². The molecule has 0 saturated heterocycles. The van der Waals surface area contributed by atoms with E-state index in [1.807, 2.05) is 25.1 Å². The SMILES string of the molecule is COCCCN1CCc2cn(-c3nc(C)nc4c3cnn4C)nc2C1=O. The van der Waals surface area contributed by atoms with Crippen molar-refractivity contribution >= 4 is 16.9 Å². The molecule has 0 saturated carbocycles. The molecule has 4 heterocycles. The molecule has 0 aliphatic carbocycles. The van der Waals surface area contributed by atoms with Crippen LogP contribution in [0, 0.1) is 6.92 Å². The van der Waals surface area contributed by atoms with E-state index in [0.717, 1.165) is 29.4 Å². The predicted molar refractivity (Wildman–Crippen MR) is 94.3 cm³/mol. The molecule has 1 aliphatic heterocycles. The number of ether oxygens (including phenoxy) is 1. The number of aromatic nitrogens is 6. The van der Waals surface area contributed by atoms with E-state index in [4.69, 9.17) is 4.74 Å². The minimum atomic E-state index is -0.0330. The number of carbonyl (C=O) groups is 1. The highest BCUT2D eigenvalue weighted by Crippen LogP contribution is 2.23. The van der Waals surface area contributed by atoms with Gasteiger partial charge in [0.25, 0.3) is 5.91 Å². The van der Waals surface area contributed by atoms with Crippen molar-refractivity contribution in [2.45, 2.75) is 19.8 Å². The van der Waals surface area contributed by atoms with Crippen LogP contribution in [0.5, 0.6) is 0 Å². The standard InChI is InChI=1S/C17H21N7O2/c1-11-19-15-13(9-18-22(15)2)16(20-11)24-10-12-5-7-23(6-4-8-26-3)17(25)14(12)21-24/h9-10H,4-8H2,1-3H3. The number of aryl methyl sites for hydroxylation is 2. The van der Waals surface area contributed by atoms with Crippen molar-refractivity contribution in [2.24, 2.45) is 7.05 Å². The van der Waals surface area contributed by atoms with Gasteiger partial charge in [-0.1, -0.05) is 0 Å². The summed E-state index contributed by atoms with van der Waals surface area (Å²) in [6.07, 6.45) is 5.23. The average molecular weight is 355 g/mol. The Bertz CT molecular complexity index is 975. The van der Waals surface area contributed by atoms with E-state index in [1.165, 1.54) is 0 Å². The molecule has 0 radical (unpaired) electrons. The lowest BCUT2D eigenvalue weighted by Gasteiger charge is -2.25. The van der Waals surface area contributed by atoms with Gasteiger partial charge in [-0.2, -0.15) is 10.2 Å². The van der Waals surface area contributed by atoms with Crippen molar-refractivity contribution in [2.75, 3.05) is 26.8 Å². The Labute approximate surface area is 150 Å². The Kier molecular flexibility index (Phi) is 4.15. The summed E-state index contributed by atoms with van der Waals surface area (Å²) in [5.74, 6) is 1.25. The molecule has 0 fully saturated rings. The van der Waals surface area contributed by atoms with Crippen molar-refractivity contribution in [3.05, 3.63) is 29.5 Å². The maximum atomic E-state index is 12.8. The Morgan fingerprint density at radius 3 is 2.96 bits per heavy atom. The van der Waals surface area contributed by atoms with E-state index in [2.05, 4.69) is 20.2 Å². The highest BCUT2D eigenvalue weighted by Gasteiger charge is 2.28. The third kappa shape index (κ3) is 2.74. The summed E-state index contributed by atoms with van der Waals surface area (Å²) in [6, 6.07) is 0. The van der Waals surface area contributed by atoms with E-state index in [0.29, 0.717) is 37.0 Å². The van der Waals surface area contributed by atoms with Crippen LogP contribution >= 0.6 is 0 Å². The summed E-state index contributed by atoms with van der Waals surface area (Å²) in [7, 11) is 3.51. The van der Waals surface area contributed by atoms with Gasteiger partial charge in [0, 0.05) is 45.6 Å². The highest BCUT2D eigenvalue weighted by atomic mass is 16.5. The second-order valence-corrected chi connectivity index (χ2v) is 6.44. The summed E-state index contributed by atoms with van der Waals surface area (Å²) in [4.78, 5) is 23.5. The summed E-state index contributed by atoms with van der Waals surface area (Å²) in [6.45, 7) is 3.86. The van der Waals surface area contributed by atoms with Crippen LogP contribution in [0.4, 0.5) is 0 Å². The monoisotopic (exact) mass is 355 g/mol. The van der Waals surface area contributed by atoms with Gasteiger partial charge in [0.1, 0.15) is 5.82 Å². The Morgan fingerprint density at radius 1 is 1.31 bits per heavy atom. The van der Waals surface area contributed by atoms with Crippen molar-refractivity contribution < 1.29 is 9.53 Å². The lowest BCUT2D eigenvalue weighted by Crippen LogP contribution is -2.38. The van der Waals surface area contributed by atoms with Gasteiger partial charge in [-0.15, -0.1) is 0 Å². The molecule has 3 aromatic heterocycles. The molecule has 4 rings (SSSR count). The van der Waals surface area contributed by atoms with Crippen molar-refractivity contribution in [1.29, 1.82) is 0 Å². The Morgan fingerprint density at radius 2 is 2.15 bits per heavy atom. The Balaban J connectivity index is 1.70. The van der Waals surface area contributed by atoms with Crippen LogP contribution in [0.25, 0.3) is 16.9 Å². The first-order valence-corrected chi connectivity index (χ1v) is 8.62. The second-order valence-electron chi connectivity index (χ2n) is 6.44.